The molecule has 31 heavy (non-hydrogen) atoms. The van der Waals surface area contributed by atoms with Gasteiger partial charge >= 0.3 is 0 Å². The Morgan fingerprint density at radius 1 is 1.06 bits per heavy atom. The number of hydrogen-bond donors (Lipinski definition) is 1. The number of hydrogen-bond acceptors (Lipinski definition) is 5. The van der Waals surface area contributed by atoms with E-state index in [1.807, 2.05) is 32.0 Å². The molecule has 0 unspecified atom stereocenters. The fraction of sp³-hybridized carbons (Fsp3) is 0.348. The first-order valence-corrected chi connectivity index (χ1v) is 11.9. The molecule has 1 fully saturated rings. The maximum Gasteiger partial charge on any atom is 0.291 e. The lowest BCUT2D eigenvalue weighted by Crippen LogP contribution is -2.35. The molecule has 164 valence electrons. The Kier molecular flexibility index (Phi) is 6.02. The van der Waals surface area contributed by atoms with E-state index in [4.69, 9.17) is 9.15 Å². The lowest BCUT2D eigenvalue weighted by Gasteiger charge is -2.26. The Balaban J connectivity index is 1.66. The molecule has 0 atom stereocenters. The third-order valence-corrected chi connectivity index (χ3v) is 7.06. The van der Waals surface area contributed by atoms with Crippen molar-refractivity contribution >= 4 is 32.6 Å². The van der Waals surface area contributed by atoms with Crippen molar-refractivity contribution in [3.8, 4) is 5.75 Å². The highest BCUT2D eigenvalue weighted by atomic mass is 32.2. The first-order chi connectivity index (χ1) is 14.8. The number of carbonyl (C=O) groups is 1. The van der Waals surface area contributed by atoms with Crippen LogP contribution >= 0.6 is 0 Å². The minimum absolute atomic E-state index is 0.130. The Morgan fingerprint density at radius 2 is 1.81 bits per heavy atom. The van der Waals surface area contributed by atoms with Crippen LogP contribution in [0.4, 0.5) is 5.69 Å². The van der Waals surface area contributed by atoms with Crippen molar-refractivity contribution in [2.45, 2.75) is 44.1 Å². The Hall–Kier alpha value is -2.84. The van der Waals surface area contributed by atoms with Crippen molar-refractivity contribution in [3.63, 3.8) is 0 Å². The van der Waals surface area contributed by atoms with Crippen molar-refractivity contribution < 1.29 is 22.4 Å². The quantitative estimate of drug-likeness (QED) is 0.600. The van der Waals surface area contributed by atoms with Crippen LogP contribution in [-0.4, -0.2) is 37.8 Å². The first-order valence-electron chi connectivity index (χ1n) is 10.5. The van der Waals surface area contributed by atoms with Gasteiger partial charge in [-0.3, -0.25) is 4.79 Å². The number of carbonyl (C=O) groups excluding carboxylic acids is 1. The van der Waals surface area contributed by atoms with Crippen LogP contribution in [0.15, 0.2) is 57.8 Å². The largest absolute Gasteiger partial charge is 0.489 e. The third-order valence-electron chi connectivity index (χ3n) is 5.16. The molecule has 1 amide bonds. The van der Waals surface area contributed by atoms with E-state index in [0.29, 0.717) is 24.4 Å². The fourth-order valence-electron chi connectivity index (χ4n) is 3.66. The summed E-state index contributed by atoms with van der Waals surface area (Å²) in [5.41, 5.74) is 0.893. The lowest BCUT2D eigenvalue weighted by molar-refractivity contribution is 0.0997. The average molecular weight is 443 g/mol. The maximum atomic E-state index is 13.1. The van der Waals surface area contributed by atoms with Crippen molar-refractivity contribution in [2.24, 2.45) is 0 Å². The second kappa shape index (κ2) is 8.72. The van der Waals surface area contributed by atoms with E-state index in [9.17, 15) is 13.2 Å². The minimum Gasteiger partial charge on any atom is -0.489 e. The first kappa shape index (κ1) is 21.4. The summed E-state index contributed by atoms with van der Waals surface area (Å²) in [6, 6.07) is 13.6. The normalized spacial score (nSPS) is 15.3. The number of sulfonamides is 1. The van der Waals surface area contributed by atoms with Crippen LogP contribution in [0.25, 0.3) is 11.0 Å². The van der Waals surface area contributed by atoms with Crippen LogP contribution in [0.5, 0.6) is 5.75 Å². The molecule has 1 N–H and O–H groups in total. The summed E-state index contributed by atoms with van der Waals surface area (Å²) in [5, 5.41) is 3.58. The summed E-state index contributed by atoms with van der Waals surface area (Å²) in [6.07, 6.45) is 2.59. The average Bonchev–Trinajstić information content (AvgIpc) is 3.19. The number of nitrogens with zero attached hydrogens (tertiary/aromatic N) is 1. The van der Waals surface area contributed by atoms with Crippen LogP contribution in [0.2, 0.25) is 0 Å². The van der Waals surface area contributed by atoms with Gasteiger partial charge in [0, 0.05) is 18.5 Å². The second-order valence-corrected chi connectivity index (χ2v) is 9.83. The van der Waals surface area contributed by atoms with Crippen molar-refractivity contribution in [2.75, 3.05) is 18.4 Å². The molecule has 0 aliphatic carbocycles. The monoisotopic (exact) mass is 442 g/mol. The van der Waals surface area contributed by atoms with Crippen LogP contribution in [0.1, 0.15) is 43.7 Å². The molecule has 2 aromatic carbocycles. The van der Waals surface area contributed by atoms with E-state index in [-0.39, 0.29) is 22.4 Å². The van der Waals surface area contributed by atoms with E-state index in [1.165, 1.54) is 16.4 Å². The summed E-state index contributed by atoms with van der Waals surface area (Å²) in [7, 11) is -3.65. The molecule has 1 saturated heterocycles. The van der Waals surface area contributed by atoms with Crippen LogP contribution in [0.3, 0.4) is 0 Å². The smallest absolute Gasteiger partial charge is 0.291 e. The highest BCUT2D eigenvalue weighted by Gasteiger charge is 2.27. The van der Waals surface area contributed by atoms with E-state index in [1.54, 1.807) is 18.2 Å². The van der Waals surface area contributed by atoms with Gasteiger partial charge in [0.15, 0.2) is 5.76 Å². The summed E-state index contributed by atoms with van der Waals surface area (Å²) in [5.74, 6) is 0.0652. The Morgan fingerprint density at radius 3 is 2.52 bits per heavy atom. The SMILES string of the molecule is CC(C)Oc1ccc(S(=O)(=O)N2CCCCC2)cc1NC(=O)c1cc2ccccc2o1. The number of fused-ring (bicyclic) bond motifs is 1. The Bertz CT molecular complexity index is 1160. The number of furan rings is 1. The number of benzene rings is 2. The van der Waals surface area contributed by atoms with E-state index in [2.05, 4.69) is 5.32 Å². The second-order valence-electron chi connectivity index (χ2n) is 7.89. The third kappa shape index (κ3) is 4.60. The molecule has 4 rings (SSSR count). The molecule has 1 aromatic heterocycles. The van der Waals surface area contributed by atoms with E-state index in [0.717, 1.165) is 24.6 Å². The minimum atomic E-state index is -3.65. The summed E-state index contributed by atoms with van der Waals surface area (Å²) >= 11 is 0. The maximum absolute atomic E-state index is 13.1. The molecular formula is C23H26N2O5S. The highest BCUT2D eigenvalue weighted by molar-refractivity contribution is 7.89. The lowest BCUT2D eigenvalue weighted by atomic mass is 10.2. The number of anilines is 1. The number of ether oxygens (including phenoxy) is 1. The number of nitrogens with one attached hydrogen (secondary N) is 1. The van der Waals surface area contributed by atoms with Gasteiger partial charge in [-0.15, -0.1) is 0 Å². The molecule has 0 bridgehead atoms. The Labute approximate surface area is 182 Å². The molecule has 2 heterocycles. The fourth-order valence-corrected chi connectivity index (χ4v) is 5.20. The summed E-state index contributed by atoms with van der Waals surface area (Å²) < 4.78 is 39.1. The predicted molar refractivity (Wildman–Crippen MR) is 119 cm³/mol. The number of amides is 1. The molecule has 7 nitrogen and oxygen atoms in total. The molecule has 1 aliphatic heterocycles. The van der Waals surface area contributed by atoms with Gasteiger partial charge in [0.1, 0.15) is 11.3 Å². The molecule has 8 heteroatoms. The molecule has 1 aliphatic rings. The zero-order valence-corrected chi connectivity index (χ0v) is 18.4. The van der Waals surface area contributed by atoms with Gasteiger partial charge in [-0.05, 0) is 57.0 Å². The van der Waals surface area contributed by atoms with Crippen molar-refractivity contribution in [3.05, 3.63) is 54.3 Å². The number of para-hydroxylation sites is 1. The van der Waals surface area contributed by atoms with Gasteiger partial charge in [0.05, 0.1) is 16.7 Å². The van der Waals surface area contributed by atoms with Crippen LogP contribution in [-0.2, 0) is 10.0 Å². The van der Waals surface area contributed by atoms with Crippen LogP contribution < -0.4 is 10.1 Å². The van der Waals surface area contributed by atoms with Crippen LogP contribution in [0, 0.1) is 0 Å². The highest BCUT2D eigenvalue weighted by Crippen LogP contribution is 2.31. The molecule has 0 spiro atoms. The van der Waals surface area contributed by atoms with E-state index >= 15 is 0 Å². The van der Waals surface area contributed by atoms with Crippen molar-refractivity contribution in [1.82, 2.24) is 4.31 Å². The molecule has 0 radical (unpaired) electrons. The summed E-state index contributed by atoms with van der Waals surface area (Å²) in [4.78, 5) is 13.0. The predicted octanol–water partition coefficient (Wildman–Crippen LogP) is 4.65. The van der Waals surface area contributed by atoms with Crippen molar-refractivity contribution in [1.29, 1.82) is 0 Å². The zero-order valence-electron chi connectivity index (χ0n) is 17.6. The molecular weight excluding hydrogens is 416 g/mol. The number of piperidine rings is 1. The summed E-state index contributed by atoms with van der Waals surface area (Å²) in [6.45, 7) is 4.74. The van der Waals surface area contributed by atoms with Gasteiger partial charge in [-0.25, -0.2) is 8.42 Å². The van der Waals surface area contributed by atoms with Gasteiger partial charge < -0.3 is 14.5 Å². The van der Waals surface area contributed by atoms with E-state index < -0.39 is 15.9 Å². The topological polar surface area (TPSA) is 88.9 Å². The molecule has 3 aromatic rings. The van der Waals surface area contributed by atoms with Gasteiger partial charge in [0.25, 0.3) is 5.91 Å². The van der Waals surface area contributed by atoms with Gasteiger partial charge in [-0.2, -0.15) is 4.31 Å². The van der Waals surface area contributed by atoms with Gasteiger partial charge in [-0.1, -0.05) is 24.6 Å². The standard InChI is InChI=1S/C23H26N2O5S/c1-16(2)29-21-11-10-18(31(27,28)25-12-6-3-7-13-25)15-19(21)24-23(26)22-14-17-8-4-5-9-20(17)30-22/h4-5,8-11,14-16H,3,6-7,12-13H2,1-2H3,(H,24,26). The van der Waals surface area contributed by atoms with Gasteiger partial charge in [0.2, 0.25) is 10.0 Å². The zero-order chi connectivity index (χ0) is 22.0. The molecule has 0 saturated carbocycles. The number of rotatable bonds is 6.